The molecule has 1 amide bonds. The Morgan fingerprint density at radius 3 is 2.69 bits per heavy atom. The molecule has 3 atom stereocenters. The summed E-state index contributed by atoms with van der Waals surface area (Å²) in [6, 6.07) is 4.29. The van der Waals surface area contributed by atoms with Crippen molar-refractivity contribution in [1.82, 2.24) is 5.32 Å². The van der Waals surface area contributed by atoms with Gasteiger partial charge in [0, 0.05) is 23.4 Å². The minimum Gasteiger partial charge on any atom is -0.508 e. The van der Waals surface area contributed by atoms with Gasteiger partial charge < -0.3 is 15.2 Å². The Kier molecular flexibility index (Phi) is 7.85. The van der Waals surface area contributed by atoms with Crippen LogP contribution in [0.1, 0.15) is 95.6 Å². The van der Waals surface area contributed by atoms with Gasteiger partial charge in [-0.3, -0.25) is 4.79 Å². The number of fused-ring (bicyclic) bond motifs is 3. The number of phenolic OH excluding ortho intramolecular Hbond substituents is 1. The predicted molar refractivity (Wildman–Crippen MR) is 118 cm³/mol. The fraction of sp³-hybridized carbons (Fsp3) is 0.720. The van der Waals surface area contributed by atoms with Gasteiger partial charge in [0.1, 0.15) is 11.5 Å². The van der Waals surface area contributed by atoms with Crippen LogP contribution in [0.15, 0.2) is 12.1 Å². The highest BCUT2D eigenvalue weighted by Gasteiger charge is 2.39. The summed E-state index contributed by atoms with van der Waals surface area (Å²) in [5.74, 6) is 2.09. The maximum absolute atomic E-state index is 12.1. The number of hydrogen-bond acceptors (Lipinski definition) is 3. The van der Waals surface area contributed by atoms with Gasteiger partial charge in [0.2, 0.25) is 5.91 Å². The van der Waals surface area contributed by atoms with Crippen LogP contribution in [0.5, 0.6) is 11.5 Å². The second kappa shape index (κ2) is 10.4. The van der Waals surface area contributed by atoms with Gasteiger partial charge in [-0.1, -0.05) is 52.9 Å². The van der Waals surface area contributed by atoms with Gasteiger partial charge in [-0.05, 0) is 55.7 Å². The summed E-state index contributed by atoms with van der Waals surface area (Å²) < 4.78 is 6.08. The molecule has 2 N–H and O–H groups in total. The average molecular weight is 402 g/mol. The summed E-state index contributed by atoms with van der Waals surface area (Å²) in [6.07, 6.45) is 11.6. The summed E-state index contributed by atoms with van der Waals surface area (Å²) in [7, 11) is 0. The second-order valence-electron chi connectivity index (χ2n) is 9.40. The molecule has 0 spiro atoms. The molecule has 1 heterocycles. The van der Waals surface area contributed by atoms with Crippen LogP contribution < -0.4 is 10.1 Å². The molecule has 1 aromatic rings. The van der Waals surface area contributed by atoms with E-state index in [1.807, 2.05) is 19.9 Å². The molecule has 4 heteroatoms. The summed E-state index contributed by atoms with van der Waals surface area (Å²) in [5.41, 5.74) is 2.15. The van der Waals surface area contributed by atoms with Crippen molar-refractivity contribution in [2.24, 2.45) is 11.8 Å². The number of carbonyl (C=O) groups is 1. The number of aromatic hydroxyl groups is 1. The third kappa shape index (κ3) is 5.67. The smallest absolute Gasteiger partial charge is 0.222 e. The van der Waals surface area contributed by atoms with E-state index in [1.54, 1.807) is 0 Å². The molecule has 1 fully saturated rings. The Morgan fingerprint density at radius 1 is 1.17 bits per heavy atom. The molecule has 0 bridgehead atoms. The number of aryl methyl sites for hydroxylation is 1. The van der Waals surface area contributed by atoms with Crippen molar-refractivity contribution < 1.29 is 14.6 Å². The number of nitrogens with one attached hydrogen (secondary N) is 1. The number of rotatable bonds is 9. The number of carbonyl (C=O) groups excluding carboxylic acids is 1. The Hall–Kier alpha value is -1.71. The minimum atomic E-state index is 0.00707. The molecule has 2 aliphatic rings. The first-order chi connectivity index (χ1) is 14.0. The first kappa shape index (κ1) is 22.0. The number of ether oxygens (including phenoxy) is 1. The zero-order valence-corrected chi connectivity index (χ0v) is 18.5. The van der Waals surface area contributed by atoms with E-state index in [4.69, 9.17) is 4.74 Å². The fourth-order valence-electron chi connectivity index (χ4n) is 4.90. The van der Waals surface area contributed by atoms with Crippen LogP contribution in [0.4, 0.5) is 0 Å². The molecule has 0 saturated heterocycles. The maximum Gasteiger partial charge on any atom is 0.222 e. The van der Waals surface area contributed by atoms with Crippen LogP contribution in [-0.4, -0.2) is 23.7 Å². The lowest BCUT2D eigenvalue weighted by molar-refractivity contribution is -0.125. The molecule has 29 heavy (non-hydrogen) atoms. The Labute approximate surface area is 176 Å². The van der Waals surface area contributed by atoms with Crippen molar-refractivity contribution in [2.75, 3.05) is 6.61 Å². The SMILES string of the molecule is CCCCCCCCc1cc(O)c2c(c1)OC[C@H]1CCC(NC(=O)C(C)C)C[C@@H]21. The quantitative estimate of drug-likeness (QED) is 0.521. The van der Waals surface area contributed by atoms with Crippen molar-refractivity contribution >= 4 is 5.91 Å². The maximum atomic E-state index is 12.1. The van der Waals surface area contributed by atoms with Gasteiger partial charge in [0.15, 0.2) is 0 Å². The van der Waals surface area contributed by atoms with E-state index in [0.717, 1.165) is 50.0 Å². The molecule has 162 valence electrons. The third-order valence-corrected chi connectivity index (χ3v) is 6.69. The van der Waals surface area contributed by atoms with E-state index in [2.05, 4.69) is 18.3 Å². The first-order valence-corrected chi connectivity index (χ1v) is 11.8. The number of benzene rings is 1. The molecule has 1 aliphatic carbocycles. The topological polar surface area (TPSA) is 58.6 Å². The van der Waals surface area contributed by atoms with E-state index < -0.39 is 0 Å². The molecule has 3 rings (SSSR count). The Balaban J connectivity index is 1.63. The highest BCUT2D eigenvalue weighted by molar-refractivity contribution is 5.78. The lowest BCUT2D eigenvalue weighted by Gasteiger charge is -2.41. The molecular weight excluding hydrogens is 362 g/mol. The monoisotopic (exact) mass is 401 g/mol. The number of amides is 1. The Bertz CT molecular complexity index is 685. The largest absolute Gasteiger partial charge is 0.508 e. The van der Waals surface area contributed by atoms with Crippen LogP contribution in [0.3, 0.4) is 0 Å². The van der Waals surface area contributed by atoms with Crippen LogP contribution in [0, 0.1) is 11.8 Å². The van der Waals surface area contributed by atoms with Crippen LogP contribution in [0.25, 0.3) is 0 Å². The van der Waals surface area contributed by atoms with Crippen molar-refractivity contribution in [1.29, 1.82) is 0 Å². The molecule has 0 radical (unpaired) electrons. The highest BCUT2D eigenvalue weighted by atomic mass is 16.5. The third-order valence-electron chi connectivity index (χ3n) is 6.69. The van der Waals surface area contributed by atoms with Crippen LogP contribution >= 0.6 is 0 Å². The standard InChI is InChI=1S/C25H39NO3/c1-4-5-6-7-8-9-10-18-13-22(27)24-21-15-20(26-25(28)17(2)3)12-11-19(21)16-29-23(24)14-18/h13-14,17,19-21,27H,4-12,15-16H2,1-3H3,(H,26,28)/t19-,20?,21-/m1/s1. The molecule has 1 unspecified atom stereocenters. The first-order valence-electron chi connectivity index (χ1n) is 11.8. The van der Waals surface area contributed by atoms with E-state index in [9.17, 15) is 9.90 Å². The number of unbranched alkanes of at least 4 members (excludes halogenated alkanes) is 5. The minimum absolute atomic E-state index is 0.00707. The zero-order chi connectivity index (χ0) is 20.8. The average Bonchev–Trinajstić information content (AvgIpc) is 2.70. The summed E-state index contributed by atoms with van der Waals surface area (Å²) >= 11 is 0. The van der Waals surface area contributed by atoms with Gasteiger partial charge in [0.25, 0.3) is 0 Å². The van der Waals surface area contributed by atoms with Crippen molar-refractivity contribution in [3.8, 4) is 11.5 Å². The molecule has 1 saturated carbocycles. The zero-order valence-electron chi connectivity index (χ0n) is 18.5. The van der Waals surface area contributed by atoms with E-state index >= 15 is 0 Å². The van der Waals surface area contributed by atoms with Crippen molar-refractivity contribution in [3.05, 3.63) is 23.3 Å². The van der Waals surface area contributed by atoms with Gasteiger partial charge >= 0.3 is 0 Å². The van der Waals surface area contributed by atoms with Crippen LogP contribution in [-0.2, 0) is 11.2 Å². The highest BCUT2D eigenvalue weighted by Crippen LogP contribution is 2.49. The van der Waals surface area contributed by atoms with Crippen LogP contribution in [0.2, 0.25) is 0 Å². The van der Waals surface area contributed by atoms with E-state index in [1.165, 1.54) is 37.7 Å². The van der Waals surface area contributed by atoms with Crippen molar-refractivity contribution in [3.63, 3.8) is 0 Å². The number of phenols is 1. The lowest BCUT2D eigenvalue weighted by atomic mass is 9.72. The molecule has 4 nitrogen and oxygen atoms in total. The van der Waals surface area contributed by atoms with Gasteiger partial charge in [-0.15, -0.1) is 0 Å². The second-order valence-corrected chi connectivity index (χ2v) is 9.40. The Morgan fingerprint density at radius 2 is 1.93 bits per heavy atom. The summed E-state index contributed by atoms with van der Waals surface area (Å²) in [4.78, 5) is 12.1. The predicted octanol–water partition coefficient (Wildman–Crippen LogP) is 5.71. The van der Waals surface area contributed by atoms with Gasteiger partial charge in [-0.25, -0.2) is 0 Å². The van der Waals surface area contributed by atoms with Gasteiger partial charge in [0.05, 0.1) is 6.61 Å². The molecule has 1 aromatic carbocycles. The molecular formula is C25H39NO3. The normalized spacial score (nSPS) is 23.2. The summed E-state index contributed by atoms with van der Waals surface area (Å²) in [6.45, 7) is 6.83. The van der Waals surface area contributed by atoms with Crippen molar-refractivity contribution in [2.45, 2.75) is 96.9 Å². The lowest BCUT2D eigenvalue weighted by Crippen LogP contribution is -2.43. The molecule has 0 aromatic heterocycles. The summed E-state index contributed by atoms with van der Waals surface area (Å²) in [5, 5.41) is 14.0. The molecule has 1 aliphatic heterocycles. The fourth-order valence-corrected chi connectivity index (χ4v) is 4.90. The van der Waals surface area contributed by atoms with E-state index in [0.29, 0.717) is 11.7 Å². The van der Waals surface area contributed by atoms with E-state index in [-0.39, 0.29) is 23.8 Å². The number of hydrogen-bond donors (Lipinski definition) is 2. The van der Waals surface area contributed by atoms with Gasteiger partial charge in [-0.2, -0.15) is 0 Å².